The van der Waals surface area contributed by atoms with Crippen LogP contribution in [0.1, 0.15) is 39.0 Å². The zero-order chi connectivity index (χ0) is 13.2. The van der Waals surface area contributed by atoms with E-state index in [1.54, 1.807) is 0 Å². The number of hydrogen-bond donors (Lipinski definition) is 1. The molecule has 1 amide bonds. The monoisotopic (exact) mass is 258 g/mol. The SMILES string of the molecule is CC(CC1CC1)Nc1ccccc1N1CCCC1=O. The lowest BCUT2D eigenvalue weighted by atomic mass is 10.1. The molecule has 1 atom stereocenters. The molecule has 2 aliphatic rings. The van der Waals surface area contributed by atoms with Gasteiger partial charge >= 0.3 is 0 Å². The topological polar surface area (TPSA) is 32.3 Å². The number of anilines is 2. The summed E-state index contributed by atoms with van der Waals surface area (Å²) in [5.41, 5.74) is 2.15. The van der Waals surface area contributed by atoms with E-state index in [0.717, 1.165) is 30.3 Å². The van der Waals surface area contributed by atoms with Gasteiger partial charge in [0.05, 0.1) is 11.4 Å². The first-order valence-electron chi connectivity index (χ1n) is 7.40. The van der Waals surface area contributed by atoms with Gasteiger partial charge in [-0.1, -0.05) is 25.0 Å². The fourth-order valence-electron chi connectivity index (χ4n) is 2.91. The Kier molecular flexibility index (Phi) is 3.45. The lowest BCUT2D eigenvalue weighted by molar-refractivity contribution is -0.117. The number of para-hydroxylation sites is 2. The summed E-state index contributed by atoms with van der Waals surface area (Å²) in [6.07, 6.45) is 5.68. The lowest BCUT2D eigenvalue weighted by Gasteiger charge is -2.23. The van der Waals surface area contributed by atoms with Crippen LogP contribution in [0.25, 0.3) is 0 Å². The number of nitrogens with zero attached hydrogens (tertiary/aromatic N) is 1. The van der Waals surface area contributed by atoms with Gasteiger partial charge in [0.15, 0.2) is 0 Å². The van der Waals surface area contributed by atoms with Gasteiger partial charge in [0.25, 0.3) is 0 Å². The summed E-state index contributed by atoms with van der Waals surface area (Å²) >= 11 is 0. The molecule has 1 saturated carbocycles. The summed E-state index contributed by atoms with van der Waals surface area (Å²) in [6, 6.07) is 8.67. The van der Waals surface area contributed by atoms with Gasteiger partial charge in [0, 0.05) is 19.0 Å². The Balaban J connectivity index is 1.74. The molecule has 0 radical (unpaired) electrons. The summed E-state index contributed by atoms with van der Waals surface area (Å²) in [4.78, 5) is 13.8. The molecule has 1 aliphatic heterocycles. The van der Waals surface area contributed by atoms with Crippen LogP contribution in [0.2, 0.25) is 0 Å². The van der Waals surface area contributed by atoms with E-state index < -0.39 is 0 Å². The van der Waals surface area contributed by atoms with Crippen LogP contribution in [-0.4, -0.2) is 18.5 Å². The quantitative estimate of drug-likeness (QED) is 0.877. The molecule has 0 bridgehead atoms. The third-order valence-corrected chi connectivity index (χ3v) is 4.05. The number of carbonyl (C=O) groups is 1. The molecule has 1 heterocycles. The van der Waals surface area contributed by atoms with Crippen molar-refractivity contribution >= 4 is 17.3 Å². The molecular formula is C16H22N2O. The van der Waals surface area contributed by atoms with Gasteiger partial charge in [-0.05, 0) is 37.8 Å². The van der Waals surface area contributed by atoms with Crippen molar-refractivity contribution in [3.63, 3.8) is 0 Å². The molecule has 3 heteroatoms. The van der Waals surface area contributed by atoms with E-state index in [-0.39, 0.29) is 5.91 Å². The Morgan fingerprint density at radius 3 is 2.84 bits per heavy atom. The maximum atomic E-state index is 11.9. The zero-order valence-electron chi connectivity index (χ0n) is 11.6. The van der Waals surface area contributed by atoms with Gasteiger partial charge < -0.3 is 10.2 Å². The van der Waals surface area contributed by atoms with Gasteiger partial charge in [-0.15, -0.1) is 0 Å². The molecule has 2 fully saturated rings. The predicted molar refractivity (Wildman–Crippen MR) is 78.5 cm³/mol. The molecule has 102 valence electrons. The highest BCUT2D eigenvalue weighted by Gasteiger charge is 2.26. The second-order valence-electron chi connectivity index (χ2n) is 5.89. The molecule has 1 aromatic rings. The molecule has 19 heavy (non-hydrogen) atoms. The average Bonchev–Trinajstić information content (AvgIpc) is 3.10. The maximum Gasteiger partial charge on any atom is 0.227 e. The van der Waals surface area contributed by atoms with E-state index in [0.29, 0.717) is 12.5 Å². The molecule has 1 aliphatic carbocycles. The van der Waals surface area contributed by atoms with E-state index in [1.165, 1.54) is 19.3 Å². The second kappa shape index (κ2) is 5.24. The highest BCUT2D eigenvalue weighted by Crippen LogP contribution is 2.35. The first-order chi connectivity index (χ1) is 9.24. The molecule has 1 aromatic carbocycles. The molecule has 1 N–H and O–H groups in total. The van der Waals surface area contributed by atoms with Gasteiger partial charge in [0.2, 0.25) is 5.91 Å². The van der Waals surface area contributed by atoms with E-state index in [4.69, 9.17) is 0 Å². The van der Waals surface area contributed by atoms with E-state index >= 15 is 0 Å². The van der Waals surface area contributed by atoms with Crippen LogP contribution in [0.5, 0.6) is 0 Å². The van der Waals surface area contributed by atoms with Crippen LogP contribution in [-0.2, 0) is 4.79 Å². The van der Waals surface area contributed by atoms with Gasteiger partial charge in [-0.3, -0.25) is 4.79 Å². The lowest BCUT2D eigenvalue weighted by Crippen LogP contribution is -2.26. The Hall–Kier alpha value is -1.51. The molecule has 3 rings (SSSR count). The van der Waals surface area contributed by atoms with Crippen molar-refractivity contribution in [2.45, 2.75) is 45.1 Å². The minimum absolute atomic E-state index is 0.254. The van der Waals surface area contributed by atoms with Crippen molar-refractivity contribution < 1.29 is 4.79 Å². The number of benzene rings is 1. The number of amides is 1. The first-order valence-corrected chi connectivity index (χ1v) is 7.40. The van der Waals surface area contributed by atoms with Crippen molar-refractivity contribution in [1.82, 2.24) is 0 Å². The van der Waals surface area contributed by atoms with Gasteiger partial charge in [-0.25, -0.2) is 0 Å². The summed E-state index contributed by atoms with van der Waals surface area (Å²) < 4.78 is 0. The third-order valence-electron chi connectivity index (χ3n) is 4.05. The van der Waals surface area contributed by atoms with Crippen LogP contribution in [0.4, 0.5) is 11.4 Å². The highest BCUT2D eigenvalue weighted by molar-refractivity contribution is 5.98. The van der Waals surface area contributed by atoms with Crippen molar-refractivity contribution in [3.05, 3.63) is 24.3 Å². The fourth-order valence-corrected chi connectivity index (χ4v) is 2.91. The second-order valence-corrected chi connectivity index (χ2v) is 5.89. The largest absolute Gasteiger partial charge is 0.381 e. The molecule has 3 nitrogen and oxygen atoms in total. The van der Waals surface area contributed by atoms with Crippen LogP contribution in [0, 0.1) is 5.92 Å². The van der Waals surface area contributed by atoms with Crippen LogP contribution in [0.15, 0.2) is 24.3 Å². The average molecular weight is 258 g/mol. The van der Waals surface area contributed by atoms with E-state index in [9.17, 15) is 4.79 Å². The first kappa shape index (κ1) is 12.5. The Labute approximate surface area is 115 Å². The predicted octanol–water partition coefficient (Wildman–Crippen LogP) is 3.41. The van der Waals surface area contributed by atoms with Crippen LogP contribution >= 0.6 is 0 Å². The van der Waals surface area contributed by atoms with E-state index in [2.05, 4.69) is 24.4 Å². The van der Waals surface area contributed by atoms with Crippen LogP contribution in [0.3, 0.4) is 0 Å². The smallest absolute Gasteiger partial charge is 0.227 e. The summed E-state index contributed by atoms with van der Waals surface area (Å²) in [5, 5.41) is 3.59. The number of carbonyl (C=O) groups excluding carboxylic acids is 1. The van der Waals surface area contributed by atoms with E-state index in [1.807, 2.05) is 17.0 Å². The number of rotatable bonds is 5. The Morgan fingerprint density at radius 2 is 2.16 bits per heavy atom. The summed E-state index contributed by atoms with van der Waals surface area (Å²) in [5.74, 6) is 1.17. The molecule has 1 saturated heterocycles. The van der Waals surface area contributed by atoms with Crippen molar-refractivity contribution in [2.75, 3.05) is 16.8 Å². The maximum absolute atomic E-state index is 11.9. The minimum Gasteiger partial charge on any atom is -0.381 e. The van der Waals surface area contributed by atoms with Crippen molar-refractivity contribution in [1.29, 1.82) is 0 Å². The van der Waals surface area contributed by atoms with Crippen molar-refractivity contribution in [3.8, 4) is 0 Å². The summed E-state index contributed by atoms with van der Waals surface area (Å²) in [6.45, 7) is 3.09. The molecule has 0 spiro atoms. The zero-order valence-corrected chi connectivity index (χ0v) is 11.6. The minimum atomic E-state index is 0.254. The molecular weight excluding hydrogens is 236 g/mol. The molecule has 1 unspecified atom stereocenters. The number of hydrogen-bond acceptors (Lipinski definition) is 2. The Bertz CT molecular complexity index is 468. The standard InChI is InChI=1S/C16H22N2O/c1-12(11-13-8-9-13)17-14-5-2-3-6-15(14)18-10-4-7-16(18)19/h2-3,5-6,12-13,17H,4,7-11H2,1H3. The third kappa shape index (κ3) is 2.91. The Morgan fingerprint density at radius 1 is 1.37 bits per heavy atom. The normalized spacial score (nSPS) is 20.7. The highest BCUT2D eigenvalue weighted by atomic mass is 16.2. The summed E-state index contributed by atoms with van der Waals surface area (Å²) in [7, 11) is 0. The molecule has 0 aromatic heterocycles. The van der Waals surface area contributed by atoms with Crippen molar-refractivity contribution in [2.24, 2.45) is 5.92 Å². The van der Waals surface area contributed by atoms with Gasteiger partial charge in [-0.2, -0.15) is 0 Å². The van der Waals surface area contributed by atoms with Gasteiger partial charge in [0.1, 0.15) is 0 Å². The number of nitrogens with one attached hydrogen (secondary N) is 1. The van der Waals surface area contributed by atoms with Crippen LogP contribution < -0.4 is 10.2 Å². The fraction of sp³-hybridized carbons (Fsp3) is 0.562.